The highest BCUT2D eigenvalue weighted by Gasteiger charge is 2.31. The number of fused-ring (bicyclic) bond motifs is 1. The number of ether oxygens (including phenoxy) is 1. The molecule has 0 bridgehead atoms. The van der Waals surface area contributed by atoms with E-state index in [1.54, 1.807) is 18.2 Å². The summed E-state index contributed by atoms with van der Waals surface area (Å²) in [5, 5.41) is 4.57. The van der Waals surface area contributed by atoms with Crippen LogP contribution in [0.3, 0.4) is 0 Å². The van der Waals surface area contributed by atoms with E-state index in [4.69, 9.17) is 20.9 Å². The Morgan fingerprint density at radius 2 is 2.03 bits per heavy atom. The largest absolute Gasteiger partial charge is 0.373 e. The van der Waals surface area contributed by atoms with Gasteiger partial charge in [-0.1, -0.05) is 28.9 Å². The number of aromatic nitrogens is 5. The van der Waals surface area contributed by atoms with Crippen LogP contribution in [0.5, 0.6) is 0 Å². The normalized spacial score (nSPS) is 18.9. The van der Waals surface area contributed by atoms with Gasteiger partial charge in [0.15, 0.2) is 11.5 Å². The van der Waals surface area contributed by atoms with Crippen molar-refractivity contribution >= 4 is 22.6 Å². The Bertz CT molecular complexity index is 1270. The van der Waals surface area contributed by atoms with E-state index in [1.807, 2.05) is 0 Å². The first-order chi connectivity index (χ1) is 14.6. The lowest BCUT2D eigenvalue weighted by Gasteiger charge is -2.08. The van der Waals surface area contributed by atoms with E-state index in [2.05, 4.69) is 20.1 Å². The number of rotatable bonds is 4. The smallest absolute Gasteiger partial charge is 0.264 e. The fraction of sp³-hybridized carbons (Fsp3) is 0.250. The van der Waals surface area contributed by atoms with Gasteiger partial charge >= 0.3 is 0 Å². The molecule has 0 radical (unpaired) electrons. The highest BCUT2D eigenvalue weighted by Crippen LogP contribution is 2.37. The van der Waals surface area contributed by atoms with Crippen LogP contribution in [-0.4, -0.2) is 31.3 Å². The van der Waals surface area contributed by atoms with Gasteiger partial charge in [-0.05, 0) is 30.2 Å². The van der Waals surface area contributed by atoms with E-state index in [1.165, 1.54) is 29.2 Å². The van der Waals surface area contributed by atoms with Crippen LogP contribution in [0.1, 0.15) is 35.7 Å². The number of hydrogen-bond acceptors (Lipinski definition) is 7. The molecule has 3 aromatic heterocycles. The lowest BCUT2D eigenvalue weighted by Crippen LogP contribution is -2.22. The molecule has 1 aromatic carbocycles. The van der Waals surface area contributed by atoms with Crippen molar-refractivity contribution < 1.29 is 13.7 Å². The number of halogens is 2. The molecule has 30 heavy (non-hydrogen) atoms. The Morgan fingerprint density at radius 1 is 1.20 bits per heavy atom. The molecular weight excluding hydrogens is 413 g/mol. The van der Waals surface area contributed by atoms with Crippen LogP contribution in [0, 0.1) is 5.82 Å². The minimum Gasteiger partial charge on any atom is -0.373 e. The predicted octanol–water partition coefficient (Wildman–Crippen LogP) is 3.26. The summed E-state index contributed by atoms with van der Waals surface area (Å²) < 4.78 is 25.6. The van der Waals surface area contributed by atoms with Crippen LogP contribution < -0.4 is 5.56 Å². The van der Waals surface area contributed by atoms with Crippen molar-refractivity contribution in [3.63, 3.8) is 0 Å². The molecule has 0 N–H and O–H groups in total. The molecular formula is C20H15ClFN5O3. The van der Waals surface area contributed by atoms with Crippen LogP contribution in [0.15, 0.2) is 52.2 Å². The Balaban J connectivity index is 1.34. The Hall–Kier alpha value is -3.17. The van der Waals surface area contributed by atoms with Crippen molar-refractivity contribution in [3.8, 4) is 0 Å². The van der Waals surface area contributed by atoms with Crippen LogP contribution in [-0.2, 0) is 11.3 Å². The molecule has 1 fully saturated rings. The van der Waals surface area contributed by atoms with Crippen molar-refractivity contribution in [1.29, 1.82) is 0 Å². The quantitative estimate of drug-likeness (QED) is 0.493. The molecule has 0 unspecified atom stereocenters. The maximum Gasteiger partial charge on any atom is 0.264 e. The van der Waals surface area contributed by atoms with Gasteiger partial charge in [0.1, 0.15) is 24.1 Å². The van der Waals surface area contributed by atoms with Crippen molar-refractivity contribution in [2.75, 3.05) is 6.61 Å². The van der Waals surface area contributed by atoms with Crippen molar-refractivity contribution in [3.05, 3.63) is 81.3 Å². The second kappa shape index (κ2) is 7.58. The average molecular weight is 428 g/mol. The number of pyridine rings is 1. The van der Waals surface area contributed by atoms with E-state index in [9.17, 15) is 9.18 Å². The predicted molar refractivity (Wildman–Crippen MR) is 105 cm³/mol. The molecule has 0 aliphatic carbocycles. The van der Waals surface area contributed by atoms with E-state index in [0.29, 0.717) is 18.9 Å². The molecule has 2 atom stereocenters. The third-order valence-corrected chi connectivity index (χ3v) is 5.38. The van der Waals surface area contributed by atoms with Gasteiger partial charge in [-0.3, -0.25) is 9.36 Å². The van der Waals surface area contributed by atoms with Crippen molar-refractivity contribution in [2.24, 2.45) is 0 Å². The molecule has 1 saturated heterocycles. The van der Waals surface area contributed by atoms with Gasteiger partial charge in [0, 0.05) is 12.1 Å². The van der Waals surface area contributed by atoms with Gasteiger partial charge in [-0.25, -0.2) is 14.4 Å². The first kappa shape index (κ1) is 18.8. The van der Waals surface area contributed by atoms with Gasteiger partial charge in [-0.2, -0.15) is 4.98 Å². The molecule has 0 saturated carbocycles. The van der Waals surface area contributed by atoms with E-state index < -0.39 is 0 Å². The second-order valence-electron chi connectivity index (χ2n) is 7.02. The van der Waals surface area contributed by atoms with Gasteiger partial charge < -0.3 is 9.26 Å². The van der Waals surface area contributed by atoms with E-state index >= 15 is 0 Å². The number of hydrogen-bond donors (Lipinski definition) is 0. The molecule has 8 nitrogen and oxygen atoms in total. The monoisotopic (exact) mass is 427 g/mol. The molecule has 4 aromatic rings. The van der Waals surface area contributed by atoms with Gasteiger partial charge in [-0.15, -0.1) is 0 Å². The Kier molecular flexibility index (Phi) is 4.76. The lowest BCUT2D eigenvalue weighted by atomic mass is 10.00. The minimum absolute atomic E-state index is 0.0531. The third-order valence-electron chi connectivity index (χ3n) is 5.07. The maximum absolute atomic E-state index is 13.1. The Morgan fingerprint density at radius 3 is 2.87 bits per heavy atom. The summed E-state index contributed by atoms with van der Waals surface area (Å²) in [5.41, 5.74) is 0.852. The summed E-state index contributed by atoms with van der Waals surface area (Å²) in [5.74, 6) is 0.448. The SMILES string of the molecule is O=c1c2c(Cl)ccnc2ncn1Cc1nc([C@@H]2CO[C@@H](c3ccc(F)cc3)C2)no1. The van der Waals surface area contributed by atoms with Crippen molar-refractivity contribution in [2.45, 2.75) is 25.0 Å². The zero-order chi connectivity index (χ0) is 20.7. The van der Waals surface area contributed by atoms with Crippen LogP contribution in [0.25, 0.3) is 11.0 Å². The molecule has 0 spiro atoms. The second-order valence-corrected chi connectivity index (χ2v) is 7.43. The molecule has 152 valence electrons. The molecule has 5 rings (SSSR count). The zero-order valence-corrected chi connectivity index (χ0v) is 16.3. The summed E-state index contributed by atoms with van der Waals surface area (Å²) >= 11 is 6.12. The molecule has 4 heterocycles. The number of nitrogens with zero attached hydrogens (tertiary/aromatic N) is 5. The van der Waals surface area contributed by atoms with E-state index in [0.717, 1.165) is 5.56 Å². The maximum atomic E-state index is 13.1. The third kappa shape index (κ3) is 3.46. The van der Waals surface area contributed by atoms with E-state index in [-0.39, 0.29) is 51.9 Å². The summed E-state index contributed by atoms with van der Waals surface area (Å²) in [6.45, 7) is 0.495. The van der Waals surface area contributed by atoms with Crippen LogP contribution >= 0.6 is 11.6 Å². The lowest BCUT2D eigenvalue weighted by molar-refractivity contribution is 0.110. The van der Waals surface area contributed by atoms with Crippen LogP contribution in [0.2, 0.25) is 5.02 Å². The summed E-state index contributed by atoms with van der Waals surface area (Å²) in [4.78, 5) is 25.3. The number of benzene rings is 1. The fourth-order valence-electron chi connectivity index (χ4n) is 3.52. The summed E-state index contributed by atoms with van der Waals surface area (Å²) in [6, 6.07) is 7.79. The molecule has 0 amide bonds. The van der Waals surface area contributed by atoms with Crippen LogP contribution in [0.4, 0.5) is 4.39 Å². The standard InChI is InChI=1S/C20H15ClFN5O3/c21-14-5-6-23-19-17(14)20(28)27(10-24-19)8-16-25-18(26-30-16)12-7-15(29-9-12)11-1-3-13(22)4-2-11/h1-6,10,12,15H,7-9H2/t12-,15+/m0/s1. The average Bonchev–Trinajstić information content (AvgIpc) is 3.40. The molecule has 1 aliphatic heterocycles. The summed E-state index contributed by atoms with van der Waals surface area (Å²) in [7, 11) is 0. The Labute approximate surface area is 174 Å². The topological polar surface area (TPSA) is 95.9 Å². The van der Waals surface area contributed by atoms with Gasteiger partial charge in [0.25, 0.3) is 5.56 Å². The van der Waals surface area contributed by atoms with Gasteiger partial charge in [0.05, 0.1) is 17.7 Å². The minimum atomic E-state index is -0.335. The first-order valence-corrected chi connectivity index (χ1v) is 9.65. The highest BCUT2D eigenvalue weighted by atomic mass is 35.5. The highest BCUT2D eigenvalue weighted by molar-refractivity contribution is 6.35. The summed E-state index contributed by atoms with van der Waals surface area (Å²) in [6.07, 6.45) is 3.37. The zero-order valence-electron chi connectivity index (χ0n) is 15.5. The van der Waals surface area contributed by atoms with Gasteiger partial charge in [0.2, 0.25) is 5.89 Å². The van der Waals surface area contributed by atoms with Crippen molar-refractivity contribution in [1.82, 2.24) is 24.7 Å². The molecule has 10 heteroatoms. The fourth-order valence-corrected chi connectivity index (χ4v) is 3.74. The molecule has 1 aliphatic rings. The first-order valence-electron chi connectivity index (χ1n) is 9.27.